The number of hydrogen-bond acceptors (Lipinski definition) is 6. The molecule has 0 spiro atoms. The van der Waals surface area contributed by atoms with Crippen molar-refractivity contribution >= 4 is 26.7 Å². The van der Waals surface area contributed by atoms with Gasteiger partial charge in [-0.1, -0.05) is 18.2 Å². The first-order valence-corrected chi connectivity index (χ1v) is 11.2. The van der Waals surface area contributed by atoms with Crippen LogP contribution in [0.5, 0.6) is 17.2 Å². The second-order valence-electron chi connectivity index (χ2n) is 7.06. The van der Waals surface area contributed by atoms with E-state index in [9.17, 15) is 17.6 Å². The van der Waals surface area contributed by atoms with Gasteiger partial charge in [0.25, 0.3) is 10.0 Å². The largest absolute Gasteiger partial charge is 0.493 e. The molecule has 0 aliphatic carbocycles. The minimum Gasteiger partial charge on any atom is -0.493 e. The SMILES string of the molecule is COc1cc(C(=O)c2cc3cc(F)ccc3n2S(=O)(=O)c2ccccc2)cc(OC)c1OC. The number of carbonyl (C=O) groups excluding carboxylic acids is 1. The maximum Gasteiger partial charge on any atom is 0.268 e. The molecule has 1 heterocycles. The lowest BCUT2D eigenvalue weighted by atomic mass is 10.1. The van der Waals surface area contributed by atoms with Crippen LogP contribution in [0.1, 0.15) is 16.1 Å². The van der Waals surface area contributed by atoms with Gasteiger partial charge in [0, 0.05) is 10.9 Å². The van der Waals surface area contributed by atoms with Crippen LogP contribution in [0.4, 0.5) is 4.39 Å². The van der Waals surface area contributed by atoms with Gasteiger partial charge in [0.2, 0.25) is 11.5 Å². The molecule has 0 fully saturated rings. The minimum atomic E-state index is -4.18. The highest BCUT2D eigenvalue weighted by Gasteiger charge is 2.28. The molecule has 0 radical (unpaired) electrons. The van der Waals surface area contributed by atoms with Crippen molar-refractivity contribution in [1.29, 1.82) is 0 Å². The van der Waals surface area contributed by atoms with Crippen molar-refractivity contribution in [2.24, 2.45) is 0 Å². The second kappa shape index (κ2) is 8.59. The first-order valence-electron chi connectivity index (χ1n) is 9.78. The van der Waals surface area contributed by atoms with Crippen molar-refractivity contribution in [3.05, 3.63) is 83.8 Å². The van der Waals surface area contributed by atoms with Crippen LogP contribution in [0, 0.1) is 5.82 Å². The fourth-order valence-corrected chi connectivity index (χ4v) is 5.17. The maximum absolute atomic E-state index is 13.9. The minimum absolute atomic E-state index is 0.00855. The summed E-state index contributed by atoms with van der Waals surface area (Å²) in [4.78, 5) is 13.6. The Morgan fingerprint density at radius 2 is 1.48 bits per heavy atom. The number of ketones is 1. The molecule has 0 saturated carbocycles. The average Bonchev–Trinajstić information content (AvgIpc) is 3.22. The van der Waals surface area contributed by atoms with E-state index >= 15 is 0 Å². The molecule has 170 valence electrons. The van der Waals surface area contributed by atoms with E-state index < -0.39 is 21.6 Å². The van der Waals surface area contributed by atoms with Gasteiger partial charge >= 0.3 is 0 Å². The van der Waals surface area contributed by atoms with Crippen molar-refractivity contribution in [2.45, 2.75) is 4.90 Å². The molecule has 9 heteroatoms. The van der Waals surface area contributed by atoms with E-state index in [-0.39, 0.29) is 44.3 Å². The third-order valence-electron chi connectivity index (χ3n) is 5.16. The quantitative estimate of drug-likeness (QED) is 0.376. The van der Waals surface area contributed by atoms with Crippen molar-refractivity contribution in [3.8, 4) is 17.2 Å². The number of halogens is 1. The number of fused-ring (bicyclic) bond motifs is 1. The van der Waals surface area contributed by atoms with Crippen LogP contribution in [-0.2, 0) is 10.0 Å². The van der Waals surface area contributed by atoms with Crippen LogP contribution in [0.2, 0.25) is 0 Å². The van der Waals surface area contributed by atoms with E-state index in [2.05, 4.69) is 0 Å². The first-order chi connectivity index (χ1) is 15.8. The lowest BCUT2D eigenvalue weighted by molar-refractivity contribution is 0.103. The number of nitrogens with zero attached hydrogens (tertiary/aromatic N) is 1. The Morgan fingerprint density at radius 3 is 2.06 bits per heavy atom. The van der Waals surface area contributed by atoms with Crippen molar-refractivity contribution < 1.29 is 31.8 Å². The van der Waals surface area contributed by atoms with Crippen LogP contribution < -0.4 is 14.2 Å². The van der Waals surface area contributed by atoms with E-state index in [4.69, 9.17) is 14.2 Å². The monoisotopic (exact) mass is 469 g/mol. The predicted octanol–water partition coefficient (Wildman–Crippen LogP) is 4.27. The van der Waals surface area contributed by atoms with E-state index in [1.807, 2.05) is 0 Å². The van der Waals surface area contributed by atoms with Crippen LogP contribution in [-0.4, -0.2) is 39.5 Å². The smallest absolute Gasteiger partial charge is 0.268 e. The number of methoxy groups -OCH3 is 3. The van der Waals surface area contributed by atoms with E-state index in [0.29, 0.717) is 0 Å². The van der Waals surface area contributed by atoms with Gasteiger partial charge in [0.05, 0.1) is 31.7 Å². The number of ether oxygens (including phenoxy) is 3. The predicted molar refractivity (Wildman–Crippen MR) is 120 cm³/mol. The van der Waals surface area contributed by atoms with Gasteiger partial charge in [-0.15, -0.1) is 0 Å². The number of rotatable bonds is 7. The van der Waals surface area contributed by atoms with E-state index in [1.54, 1.807) is 18.2 Å². The number of benzene rings is 3. The zero-order chi connectivity index (χ0) is 23.8. The molecule has 33 heavy (non-hydrogen) atoms. The molecular formula is C24H20FNO6S. The summed E-state index contributed by atoms with van der Waals surface area (Å²) in [5.74, 6) is -0.412. The highest BCUT2D eigenvalue weighted by Crippen LogP contribution is 2.39. The number of aromatic nitrogens is 1. The van der Waals surface area contributed by atoms with Crippen LogP contribution in [0.15, 0.2) is 71.6 Å². The Balaban J connectivity index is 1.99. The molecule has 1 aromatic heterocycles. The molecule has 0 bridgehead atoms. The molecule has 0 saturated heterocycles. The zero-order valence-electron chi connectivity index (χ0n) is 18.0. The summed E-state index contributed by atoms with van der Waals surface area (Å²) >= 11 is 0. The molecular weight excluding hydrogens is 449 g/mol. The van der Waals surface area contributed by atoms with Crippen LogP contribution in [0.3, 0.4) is 0 Å². The molecule has 0 aliphatic rings. The third-order valence-corrected chi connectivity index (χ3v) is 6.90. The van der Waals surface area contributed by atoms with E-state index in [0.717, 1.165) is 10.0 Å². The Hall–Kier alpha value is -3.85. The molecule has 0 aliphatic heterocycles. The standard InChI is InChI=1S/C24H20FNO6S/c1-30-21-13-16(14-22(31-2)24(21)32-3)23(27)20-12-15-11-17(25)9-10-19(15)26(20)33(28,29)18-7-5-4-6-8-18/h4-14H,1-3H3. The molecule has 0 unspecified atom stereocenters. The molecule has 0 atom stereocenters. The molecule has 4 rings (SSSR count). The summed E-state index contributed by atoms with van der Waals surface area (Å²) < 4.78 is 57.9. The Labute approximate surface area is 190 Å². The first kappa shape index (κ1) is 22.3. The summed E-state index contributed by atoms with van der Waals surface area (Å²) in [5, 5.41) is 0.269. The normalized spacial score (nSPS) is 11.4. The summed E-state index contributed by atoms with van der Waals surface area (Å²) in [5.41, 5.74) is 0.127. The summed E-state index contributed by atoms with van der Waals surface area (Å²) in [7, 11) is 0.0703. The van der Waals surface area contributed by atoms with Gasteiger partial charge in [-0.3, -0.25) is 4.79 Å². The Morgan fingerprint density at radius 1 is 0.848 bits per heavy atom. The van der Waals surface area contributed by atoms with Crippen molar-refractivity contribution in [1.82, 2.24) is 3.97 Å². The number of carbonyl (C=O) groups is 1. The molecule has 7 nitrogen and oxygen atoms in total. The highest BCUT2D eigenvalue weighted by molar-refractivity contribution is 7.90. The zero-order valence-corrected chi connectivity index (χ0v) is 18.9. The summed E-state index contributed by atoms with van der Waals surface area (Å²) in [6.45, 7) is 0. The Bertz CT molecular complexity index is 1440. The van der Waals surface area contributed by atoms with Gasteiger partial charge in [-0.25, -0.2) is 16.8 Å². The lowest BCUT2D eigenvalue weighted by Crippen LogP contribution is -2.19. The molecule has 4 aromatic rings. The summed E-state index contributed by atoms with van der Waals surface area (Å²) in [6, 6.07) is 15.6. The summed E-state index contributed by atoms with van der Waals surface area (Å²) in [6.07, 6.45) is 0. The molecule has 0 amide bonds. The van der Waals surface area contributed by atoms with Gasteiger partial charge in [0.1, 0.15) is 11.5 Å². The third kappa shape index (κ3) is 3.80. The van der Waals surface area contributed by atoms with Gasteiger partial charge < -0.3 is 14.2 Å². The number of hydrogen-bond donors (Lipinski definition) is 0. The fraction of sp³-hybridized carbons (Fsp3) is 0.125. The van der Waals surface area contributed by atoms with Crippen LogP contribution in [0.25, 0.3) is 10.9 Å². The Kier molecular flexibility index (Phi) is 5.82. The van der Waals surface area contributed by atoms with Crippen molar-refractivity contribution in [3.63, 3.8) is 0 Å². The second-order valence-corrected chi connectivity index (χ2v) is 8.85. The molecule has 0 N–H and O–H groups in total. The maximum atomic E-state index is 13.9. The van der Waals surface area contributed by atoms with Gasteiger partial charge in [-0.2, -0.15) is 0 Å². The fourth-order valence-electron chi connectivity index (χ4n) is 3.64. The highest BCUT2D eigenvalue weighted by atomic mass is 32.2. The van der Waals surface area contributed by atoms with Gasteiger partial charge in [0.15, 0.2) is 11.5 Å². The molecule has 3 aromatic carbocycles. The lowest BCUT2D eigenvalue weighted by Gasteiger charge is -2.15. The van der Waals surface area contributed by atoms with Gasteiger partial charge in [-0.05, 0) is 48.5 Å². The average molecular weight is 469 g/mol. The topological polar surface area (TPSA) is 83.8 Å². The van der Waals surface area contributed by atoms with Crippen LogP contribution >= 0.6 is 0 Å². The van der Waals surface area contributed by atoms with E-state index in [1.165, 1.54) is 63.8 Å². The van der Waals surface area contributed by atoms with Crippen molar-refractivity contribution in [2.75, 3.05) is 21.3 Å².